The van der Waals surface area contributed by atoms with Gasteiger partial charge in [-0.2, -0.15) is 8.42 Å². The highest BCUT2D eigenvalue weighted by Gasteiger charge is 2.05. The maximum Gasteiger partial charge on any atom is 0.283 e. The van der Waals surface area contributed by atoms with Gasteiger partial charge in [0.2, 0.25) is 0 Å². The topological polar surface area (TPSA) is 75.6 Å². The number of nitrogens with one attached hydrogen (secondary N) is 1. The van der Waals surface area contributed by atoms with Crippen LogP contribution in [0.4, 0.5) is 0 Å². The zero-order valence-electron chi connectivity index (χ0n) is 8.29. The van der Waals surface area contributed by atoms with Gasteiger partial charge in [-0.1, -0.05) is 30.3 Å². The molecule has 0 unspecified atom stereocenters. The lowest BCUT2D eigenvalue weighted by Gasteiger charge is -2.08. The molecule has 0 aliphatic rings. The molecule has 0 saturated carbocycles. The smallest absolute Gasteiger partial charge is 0.283 e. The Balaban J connectivity index is 2.31. The lowest BCUT2D eigenvalue weighted by molar-refractivity contribution is 0.288. The van der Waals surface area contributed by atoms with Crippen molar-refractivity contribution in [1.29, 1.82) is 0 Å². The molecule has 0 atom stereocenters. The van der Waals surface area contributed by atoms with E-state index >= 15 is 0 Å². The summed E-state index contributed by atoms with van der Waals surface area (Å²) in [5.41, 5.74) is 0.915. The molecule has 0 amide bonds. The lowest BCUT2D eigenvalue weighted by atomic mass is 10.2. The van der Waals surface area contributed by atoms with E-state index in [0.717, 1.165) is 5.56 Å². The Morgan fingerprint density at radius 1 is 1.38 bits per heavy atom. The first kappa shape index (κ1) is 12.9. The van der Waals surface area contributed by atoms with Crippen LogP contribution < -0.4 is 5.32 Å². The molecule has 0 fully saturated rings. The zero-order valence-corrected chi connectivity index (χ0v) is 9.92. The van der Waals surface area contributed by atoms with Crippen molar-refractivity contribution in [2.75, 3.05) is 5.88 Å². The van der Waals surface area contributed by atoms with E-state index in [1.807, 2.05) is 30.3 Å². The van der Waals surface area contributed by atoms with Crippen molar-refractivity contribution in [2.24, 2.45) is 0 Å². The molecule has 0 spiro atoms. The summed E-state index contributed by atoms with van der Waals surface area (Å²) in [5, 5.41) is 2.20. The van der Waals surface area contributed by atoms with E-state index in [1.165, 1.54) is 0 Å². The Morgan fingerprint density at radius 3 is 2.56 bits per heavy atom. The Morgan fingerprint density at radius 2 is 2.00 bits per heavy atom. The Kier molecular flexibility index (Phi) is 4.66. The van der Waals surface area contributed by atoms with E-state index in [4.69, 9.17) is 21.5 Å². The SMILES string of the molecule is O=S(=O)(O)CNC(=S)OCc1ccccc1. The molecule has 1 aromatic rings. The highest BCUT2D eigenvalue weighted by molar-refractivity contribution is 7.85. The molecule has 0 bridgehead atoms. The molecule has 0 heterocycles. The van der Waals surface area contributed by atoms with Crippen molar-refractivity contribution in [1.82, 2.24) is 5.32 Å². The van der Waals surface area contributed by atoms with Crippen molar-refractivity contribution in [2.45, 2.75) is 6.61 Å². The van der Waals surface area contributed by atoms with Gasteiger partial charge in [0.05, 0.1) is 0 Å². The molecule has 88 valence electrons. The van der Waals surface area contributed by atoms with Crippen LogP contribution in [0, 0.1) is 0 Å². The molecule has 2 N–H and O–H groups in total. The molecular weight excluding hydrogens is 250 g/mol. The van der Waals surface area contributed by atoms with Crippen LogP contribution in [0.2, 0.25) is 0 Å². The fourth-order valence-corrected chi connectivity index (χ4v) is 1.46. The summed E-state index contributed by atoms with van der Waals surface area (Å²) in [5.74, 6) is -0.652. The van der Waals surface area contributed by atoms with Crippen LogP contribution in [0.3, 0.4) is 0 Å². The first-order valence-electron chi connectivity index (χ1n) is 4.37. The van der Waals surface area contributed by atoms with Crippen LogP contribution in [0.5, 0.6) is 0 Å². The summed E-state index contributed by atoms with van der Waals surface area (Å²) in [6.07, 6.45) is 0. The van der Waals surface area contributed by atoms with E-state index in [2.05, 4.69) is 5.32 Å². The number of ether oxygens (including phenoxy) is 1. The second-order valence-electron chi connectivity index (χ2n) is 2.96. The molecule has 0 saturated heterocycles. The summed E-state index contributed by atoms with van der Waals surface area (Å²) in [6.45, 7) is 0.248. The second-order valence-corrected chi connectivity index (χ2v) is 4.79. The number of thiocarbonyl (C=S) groups is 1. The molecule has 0 aliphatic carbocycles. The van der Waals surface area contributed by atoms with Gasteiger partial charge in [-0.25, -0.2) is 0 Å². The predicted octanol–water partition coefficient (Wildman–Crippen LogP) is 0.923. The lowest BCUT2D eigenvalue weighted by Crippen LogP contribution is -2.29. The van der Waals surface area contributed by atoms with Crippen molar-refractivity contribution >= 4 is 27.5 Å². The van der Waals surface area contributed by atoms with Gasteiger partial charge >= 0.3 is 0 Å². The molecule has 0 radical (unpaired) electrons. The minimum absolute atomic E-state index is 0.0681. The Bertz CT molecular complexity index is 444. The molecule has 16 heavy (non-hydrogen) atoms. The van der Waals surface area contributed by atoms with E-state index in [9.17, 15) is 8.42 Å². The average molecular weight is 261 g/mol. The molecule has 7 heteroatoms. The van der Waals surface area contributed by atoms with Gasteiger partial charge in [0.15, 0.2) is 0 Å². The van der Waals surface area contributed by atoms with Crippen LogP contribution in [0.1, 0.15) is 5.56 Å². The van der Waals surface area contributed by atoms with Gasteiger partial charge in [0.1, 0.15) is 12.5 Å². The van der Waals surface area contributed by atoms with Crippen molar-refractivity contribution < 1.29 is 17.7 Å². The minimum atomic E-state index is -4.08. The quantitative estimate of drug-likeness (QED) is 0.620. The maximum atomic E-state index is 10.4. The van der Waals surface area contributed by atoms with E-state index in [0.29, 0.717) is 0 Å². The normalized spacial score (nSPS) is 10.8. The highest BCUT2D eigenvalue weighted by Crippen LogP contribution is 2.00. The summed E-state index contributed by atoms with van der Waals surface area (Å²) >= 11 is 4.71. The molecule has 0 aliphatic heterocycles. The van der Waals surface area contributed by atoms with Crippen molar-refractivity contribution in [3.8, 4) is 0 Å². The number of rotatable bonds is 4. The fraction of sp³-hybridized carbons (Fsp3) is 0.222. The Labute approximate surface area is 99.2 Å². The van der Waals surface area contributed by atoms with Crippen LogP contribution in [-0.2, 0) is 21.5 Å². The van der Waals surface area contributed by atoms with Crippen LogP contribution in [0.25, 0.3) is 0 Å². The molecule has 1 rings (SSSR count). The standard InChI is InChI=1S/C9H11NO4S2/c11-16(12,13)7-10-9(15)14-6-8-4-2-1-3-5-8/h1-5H,6-7H2,(H,10,15)(H,11,12,13). The predicted molar refractivity (Wildman–Crippen MR) is 63.4 cm³/mol. The Hall–Kier alpha value is -1.18. The van der Waals surface area contributed by atoms with E-state index in [-0.39, 0.29) is 11.8 Å². The monoisotopic (exact) mass is 261 g/mol. The minimum Gasteiger partial charge on any atom is -0.466 e. The third kappa shape index (κ3) is 5.64. The fourth-order valence-electron chi connectivity index (χ4n) is 0.924. The number of hydrogen-bond acceptors (Lipinski definition) is 4. The largest absolute Gasteiger partial charge is 0.466 e. The summed E-state index contributed by atoms with van der Waals surface area (Å²) in [7, 11) is -4.08. The molecule has 5 nitrogen and oxygen atoms in total. The summed E-state index contributed by atoms with van der Waals surface area (Å²) < 4.78 is 34.3. The van der Waals surface area contributed by atoms with Crippen LogP contribution in [-0.4, -0.2) is 24.0 Å². The van der Waals surface area contributed by atoms with Crippen molar-refractivity contribution in [3.05, 3.63) is 35.9 Å². The van der Waals surface area contributed by atoms with Crippen LogP contribution >= 0.6 is 12.2 Å². The summed E-state index contributed by atoms with van der Waals surface area (Å²) in [6, 6.07) is 9.29. The van der Waals surface area contributed by atoms with Gasteiger partial charge in [-0.3, -0.25) is 4.55 Å². The van der Waals surface area contributed by atoms with Gasteiger partial charge in [0, 0.05) is 0 Å². The molecule has 0 aromatic heterocycles. The van der Waals surface area contributed by atoms with Gasteiger partial charge in [-0.15, -0.1) is 0 Å². The number of benzene rings is 1. The second kappa shape index (κ2) is 5.78. The summed E-state index contributed by atoms with van der Waals surface area (Å²) in [4.78, 5) is 0. The zero-order chi connectivity index (χ0) is 12.0. The first-order valence-corrected chi connectivity index (χ1v) is 6.39. The van der Waals surface area contributed by atoms with Crippen LogP contribution in [0.15, 0.2) is 30.3 Å². The highest BCUT2D eigenvalue weighted by atomic mass is 32.2. The number of hydrogen-bond donors (Lipinski definition) is 2. The average Bonchev–Trinajstić information content (AvgIpc) is 2.24. The first-order chi connectivity index (χ1) is 7.47. The van der Waals surface area contributed by atoms with Gasteiger partial charge in [0.25, 0.3) is 15.3 Å². The third-order valence-corrected chi connectivity index (χ3v) is 2.38. The van der Waals surface area contributed by atoms with E-state index in [1.54, 1.807) is 0 Å². The molecular formula is C9H11NO4S2. The van der Waals surface area contributed by atoms with E-state index < -0.39 is 16.0 Å². The van der Waals surface area contributed by atoms with Gasteiger partial charge in [-0.05, 0) is 17.8 Å². The van der Waals surface area contributed by atoms with Gasteiger partial charge < -0.3 is 10.1 Å². The molecule has 1 aromatic carbocycles. The maximum absolute atomic E-state index is 10.4. The van der Waals surface area contributed by atoms with Crippen molar-refractivity contribution in [3.63, 3.8) is 0 Å². The third-order valence-electron chi connectivity index (χ3n) is 1.61.